The van der Waals surface area contributed by atoms with Crippen molar-refractivity contribution in [3.05, 3.63) is 28.6 Å². The van der Waals surface area contributed by atoms with Crippen molar-refractivity contribution in [3.63, 3.8) is 0 Å². The van der Waals surface area contributed by atoms with Gasteiger partial charge in [-0.1, -0.05) is 0 Å². The zero-order valence-corrected chi connectivity index (χ0v) is 9.96. The molecule has 0 N–H and O–H groups in total. The molecule has 0 bridgehead atoms. The van der Waals surface area contributed by atoms with Gasteiger partial charge in [0.1, 0.15) is 6.07 Å². The molecule has 1 aromatic heterocycles. The highest BCUT2D eigenvalue weighted by Crippen LogP contribution is 2.35. The molecule has 0 aliphatic carbocycles. The zero-order valence-electron chi connectivity index (χ0n) is 9.96. The number of nitriles is 1. The molecule has 1 rings (SSSR count). The second-order valence-corrected chi connectivity index (χ2v) is 3.44. The van der Waals surface area contributed by atoms with Crippen molar-refractivity contribution in [2.75, 3.05) is 6.61 Å². The van der Waals surface area contributed by atoms with E-state index in [1.807, 2.05) is 0 Å². The van der Waals surface area contributed by atoms with E-state index in [4.69, 9.17) is 5.26 Å². The number of nitrogens with zero attached hydrogens (tertiary/aromatic N) is 2. The number of halogens is 5. The van der Waals surface area contributed by atoms with Crippen LogP contribution >= 0.6 is 0 Å². The van der Waals surface area contributed by atoms with Gasteiger partial charge in [0.25, 0.3) is 6.43 Å². The molecule has 0 fully saturated rings. The lowest BCUT2D eigenvalue weighted by Gasteiger charge is -2.14. The van der Waals surface area contributed by atoms with Gasteiger partial charge in [-0.3, -0.25) is 0 Å². The van der Waals surface area contributed by atoms with Crippen LogP contribution in [0.2, 0.25) is 0 Å². The number of hydrogen-bond acceptors (Lipinski definition) is 4. The van der Waals surface area contributed by atoms with E-state index in [-0.39, 0.29) is 12.8 Å². The summed E-state index contributed by atoms with van der Waals surface area (Å²) in [5, 5.41) is 8.74. The Morgan fingerprint density at radius 3 is 2.50 bits per heavy atom. The van der Waals surface area contributed by atoms with Crippen LogP contribution in [0.15, 0.2) is 6.20 Å². The second-order valence-electron chi connectivity index (χ2n) is 3.44. The largest absolute Gasteiger partial charge is 0.462 e. The Morgan fingerprint density at radius 1 is 1.50 bits per heavy atom. The van der Waals surface area contributed by atoms with Crippen molar-refractivity contribution in [1.29, 1.82) is 5.26 Å². The van der Waals surface area contributed by atoms with Gasteiger partial charge < -0.3 is 4.74 Å². The van der Waals surface area contributed by atoms with Crippen LogP contribution in [0.4, 0.5) is 22.0 Å². The number of carbonyl (C=O) groups is 1. The molecule has 20 heavy (non-hydrogen) atoms. The minimum Gasteiger partial charge on any atom is -0.462 e. The van der Waals surface area contributed by atoms with Gasteiger partial charge in [0.15, 0.2) is 5.69 Å². The normalized spacial score (nSPS) is 11.3. The Hall–Kier alpha value is -2.24. The first kappa shape index (κ1) is 15.8. The van der Waals surface area contributed by atoms with Gasteiger partial charge in [-0.2, -0.15) is 18.4 Å². The average molecular weight is 294 g/mol. The van der Waals surface area contributed by atoms with Crippen LogP contribution in [0.3, 0.4) is 0 Å². The minimum atomic E-state index is -5.05. The summed E-state index contributed by atoms with van der Waals surface area (Å²) in [4.78, 5) is 14.3. The van der Waals surface area contributed by atoms with Crippen LogP contribution in [0.1, 0.15) is 40.5 Å². The van der Waals surface area contributed by atoms with Gasteiger partial charge in [0.2, 0.25) is 0 Å². The minimum absolute atomic E-state index is 0.223. The van der Waals surface area contributed by atoms with Crippen molar-refractivity contribution >= 4 is 5.97 Å². The molecule has 0 saturated carbocycles. The van der Waals surface area contributed by atoms with E-state index in [9.17, 15) is 26.7 Å². The number of hydrogen-bond donors (Lipinski definition) is 0. The maximum Gasteiger partial charge on any atom is 0.434 e. The van der Waals surface area contributed by atoms with E-state index in [0.29, 0.717) is 0 Å². The Bertz CT molecular complexity index is 563. The van der Waals surface area contributed by atoms with Crippen molar-refractivity contribution < 1.29 is 31.5 Å². The molecule has 1 aromatic rings. The highest BCUT2D eigenvalue weighted by Gasteiger charge is 2.39. The number of carbonyl (C=O) groups excluding carboxylic acids is 1. The molecule has 108 valence electrons. The van der Waals surface area contributed by atoms with Crippen LogP contribution in [0.25, 0.3) is 0 Å². The third-order valence-electron chi connectivity index (χ3n) is 2.20. The predicted octanol–water partition coefficient (Wildman–Crippen LogP) is 3.09. The summed E-state index contributed by atoms with van der Waals surface area (Å²) >= 11 is 0. The van der Waals surface area contributed by atoms with Crippen molar-refractivity contribution in [2.24, 2.45) is 0 Å². The molecule has 0 amide bonds. The monoisotopic (exact) mass is 294 g/mol. The van der Waals surface area contributed by atoms with Gasteiger partial charge in [-0.05, 0) is 6.92 Å². The standard InChI is InChI=1S/C11H7F5N2O2/c1-2-20-10(19)7-5(3-17)8(11(14,15)16)18-4-6(7)9(12)13/h4,9H,2H2,1H3. The van der Waals surface area contributed by atoms with E-state index in [1.165, 1.54) is 6.92 Å². The van der Waals surface area contributed by atoms with Gasteiger partial charge in [-0.15, -0.1) is 0 Å². The lowest BCUT2D eigenvalue weighted by Crippen LogP contribution is -2.18. The summed E-state index contributed by atoms with van der Waals surface area (Å²) in [7, 11) is 0. The predicted molar refractivity (Wildman–Crippen MR) is 54.9 cm³/mol. The summed E-state index contributed by atoms with van der Waals surface area (Å²) in [5.41, 5.74) is -5.15. The summed E-state index contributed by atoms with van der Waals surface area (Å²) in [5.74, 6) is -1.42. The molecule has 0 radical (unpaired) electrons. The first-order valence-corrected chi connectivity index (χ1v) is 5.19. The van der Waals surface area contributed by atoms with Crippen LogP contribution in [-0.4, -0.2) is 17.6 Å². The Labute approximate surface area is 109 Å². The first-order valence-electron chi connectivity index (χ1n) is 5.19. The number of aromatic nitrogens is 1. The molecule has 4 nitrogen and oxygen atoms in total. The highest BCUT2D eigenvalue weighted by molar-refractivity contribution is 5.94. The lowest BCUT2D eigenvalue weighted by molar-refractivity contribution is -0.141. The Balaban J connectivity index is 3.65. The zero-order chi connectivity index (χ0) is 15.5. The SMILES string of the molecule is CCOC(=O)c1c(C(F)F)cnc(C(F)(F)F)c1C#N. The van der Waals surface area contributed by atoms with E-state index in [1.54, 1.807) is 0 Å². The fraction of sp³-hybridized carbons (Fsp3) is 0.364. The van der Waals surface area contributed by atoms with E-state index < -0.39 is 41.0 Å². The summed E-state index contributed by atoms with van der Waals surface area (Å²) in [6, 6.07) is 1.09. The van der Waals surface area contributed by atoms with Crippen LogP contribution < -0.4 is 0 Å². The van der Waals surface area contributed by atoms with Crippen LogP contribution in [-0.2, 0) is 10.9 Å². The summed E-state index contributed by atoms with van der Waals surface area (Å²) in [6.07, 6.45) is -8.09. The van der Waals surface area contributed by atoms with Gasteiger partial charge in [-0.25, -0.2) is 18.6 Å². The molecule has 0 aliphatic heterocycles. The van der Waals surface area contributed by atoms with E-state index >= 15 is 0 Å². The molecule has 0 aliphatic rings. The van der Waals surface area contributed by atoms with Gasteiger partial charge >= 0.3 is 12.1 Å². The molecule has 0 unspecified atom stereocenters. The lowest BCUT2D eigenvalue weighted by atomic mass is 10.0. The van der Waals surface area contributed by atoms with Gasteiger partial charge in [0.05, 0.1) is 23.3 Å². The maximum absolute atomic E-state index is 12.7. The summed E-state index contributed by atoms with van der Waals surface area (Å²) < 4.78 is 67.8. The smallest absolute Gasteiger partial charge is 0.434 e. The third kappa shape index (κ3) is 3.01. The molecule has 0 aromatic carbocycles. The topological polar surface area (TPSA) is 63.0 Å². The number of rotatable bonds is 3. The number of esters is 1. The molecular weight excluding hydrogens is 287 g/mol. The Morgan fingerprint density at radius 2 is 2.10 bits per heavy atom. The van der Waals surface area contributed by atoms with Gasteiger partial charge in [0, 0.05) is 6.20 Å². The van der Waals surface area contributed by atoms with E-state index in [0.717, 1.165) is 6.07 Å². The molecule has 1 heterocycles. The number of ether oxygens (including phenoxy) is 1. The second kappa shape index (κ2) is 5.81. The van der Waals surface area contributed by atoms with Crippen molar-refractivity contribution in [3.8, 4) is 6.07 Å². The van der Waals surface area contributed by atoms with Crippen molar-refractivity contribution in [2.45, 2.75) is 19.5 Å². The maximum atomic E-state index is 12.7. The highest BCUT2D eigenvalue weighted by atomic mass is 19.4. The third-order valence-corrected chi connectivity index (χ3v) is 2.20. The molecule has 0 saturated heterocycles. The fourth-order valence-corrected chi connectivity index (χ4v) is 1.44. The quantitative estimate of drug-likeness (QED) is 0.635. The summed E-state index contributed by atoms with van der Waals surface area (Å²) in [6.45, 7) is 1.11. The Kier molecular flexibility index (Phi) is 4.60. The van der Waals surface area contributed by atoms with Crippen LogP contribution in [0.5, 0.6) is 0 Å². The number of alkyl halides is 5. The molecule has 9 heteroatoms. The molecular formula is C11H7F5N2O2. The van der Waals surface area contributed by atoms with E-state index in [2.05, 4.69) is 9.72 Å². The number of pyridine rings is 1. The fourth-order valence-electron chi connectivity index (χ4n) is 1.44. The van der Waals surface area contributed by atoms with Crippen molar-refractivity contribution in [1.82, 2.24) is 4.98 Å². The average Bonchev–Trinajstić information content (AvgIpc) is 2.35. The van der Waals surface area contributed by atoms with Crippen LogP contribution in [0, 0.1) is 11.3 Å². The first-order chi connectivity index (χ1) is 9.23. The molecule has 0 spiro atoms. The molecule has 0 atom stereocenters.